The summed E-state index contributed by atoms with van der Waals surface area (Å²) >= 11 is 0. The molecule has 0 amide bonds. The summed E-state index contributed by atoms with van der Waals surface area (Å²) in [4.78, 5) is 23.1. The molecule has 2 rings (SSSR count). The molecule has 6 nitrogen and oxygen atoms in total. The molecule has 16 heavy (non-hydrogen) atoms. The summed E-state index contributed by atoms with van der Waals surface area (Å²) in [6.45, 7) is 3.56. The summed E-state index contributed by atoms with van der Waals surface area (Å²) in [5, 5.41) is 8.83. The van der Waals surface area contributed by atoms with Gasteiger partial charge >= 0.3 is 5.97 Å². The summed E-state index contributed by atoms with van der Waals surface area (Å²) in [6, 6.07) is 1.40. The first-order chi connectivity index (χ1) is 7.66. The monoisotopic (exact) mass is 222 g/mol. The number of carboxylic acid groups (broad SMARTS) is 1. The van der Waals surface area contributed by atoms with E-state index in [0.717, 1.165) is 26.2 Å². The predicted molar refractivity (Wildman–Crippen MR) is 58.7 cm³/mol. The van der Waals surface area contributed by atoms with Gasteiger partial charge in [-0.1, -0.05) is 0 Å². The van der Waals surface area contributed by atoms with Gasteiger partial charge in [-0.15, -0.1) is 0 Å². The molecule has 0 atom stereocenters. The molecule has 0 bridgehead atoms. The van der Waals surface area contributed by atoms with Crippen LogP contribution < -0.4 is 4.90 Å². The van der Waals surface area contributed by atoms with Gasteiger partial charge in [0.05, 0.1) is 0 Å². The van der Waals surface area contributed by atoms with Crippen LogP contribution in [0, 0.1) is 0 Å². The maximum Gasteiger partial charge on any atom is 0.354 e. The Morgan fingerprint density at radius 1 is 1.38 bits per heavy atom. The van der Waals surface area contributed by atoms with Crippen LogP contribution in [-0.4, -0.2) is 59.2 Å². The Labute approximate surface area is 93.5 Å². The van der Waals surface area contributed by atoms with E-state index in [1.54, 1.807) is 0 Å². The van der Waals surface area contributed by atoms with Crippen LogP contribution in [0.2, 0.25) is 0 Å². The summed E-state index contributed by atoms with van der Waals surface area (Å²) < 4.78 is 0. The minimum Gasteiger partial charge on any atom is -0.477 e. The summed E-state index contributed by atoms with van der Waals surface area (Å²) in [5.41, 5.74) is 0.0453. The Bertz CT molecular complexity index is 388. The average Bonchev–Trinajstić information content (AvgIpc) is 2.30. The lowest BCUT2D eigenvalue weighted by Crippen LogP contribution is -2.45. The fraction of sp³-hybridized carbons (Fsp3) is 0.500. The zero-order valence-electron chi connectivity index (χ0n) is 9.13. The van der Waals surface area contributed by atoms with Crippen molar-refractivity contribution in [2.75, 3.05) is 38.1 Å². The van der Waals surface area contributed by atoms with E-state index < -0.39 is 5.97 Å². The minimum atomic E-state index is -1.02. The molecule has 1 aromatic rings. The van der Waals surface area contributed by atoms with Crippen molar-refractivity contribution >= 4 is 11.9 Å². The van der Waals surface area contributed by atoms with Crippen molar-refractivity contribution in [3.8, 4) is 0 Å². The first-order valence-electron chi connectivity index (χ1n) is 5.16. The van der Waals surface area contributed by atoms with Crippen LogP contribution in [0.5, 0.6) is 0 Å². The molecule has 1 aromatic heterocycles. The highest BCUT2D eigenvalue weighted by Crippen LogP contribution is 2.10. The molecule has 86 valence electrons. The van der Waals surface area contributed by atoms with Gasteiger partial charge in [0, 0.05) is 32.4 Å². The number of rotatable bonds is 2. The molecule has 0 spiro atoms. The van der Waals surface area contributed by atoms with Crippen LogP contribution >= 0.6 is 0 Å². The highest BCUT2D eigenvalue weighted by Gasteiger charge is 2.17. The molecule has 1 aliphatic heterocycles. The zero-order valence-corrected chi connectivity index (χ0v) is 9.13. The van der Waals surface area contributed by atoms with E-state index in [4.69, 9.17) is 5.11 Å². The van der Waals surface area contributed by atoms with Crippen molar-refractivity contribution in [2.45, 2.75) is 0 Å². The molecule has 1 fully saturated rings. The molecule has 6 heteroatoms. The predicted octanol–water partition coefficient (Wildman–Crippen LogP) is -0.0734. The number of likely N-dealkylation sites (N-methyl/N-ethyl adjacent to an activating group) is 1. The Kier molecular flexibility index (Phi) is 3.00. The van der Waals surface area contributed by atoms with Crippen molar-refractivity contribution < 1.29 is 9.90 Å². The second-order valence-corrected chi connectivity index (χ2v) is 3.84. The molecule has 0 aromatic carbocycles. The van der Waals surface area contributed by atoms with E-state index in [2.05, 4.69) is 21.9 Å². The van der Waals surface area contributed by atoms with E-state index in [-0.39, 0.29) is 5.69 Å². The number of carboxylic acids is 1. The van der Waals surface area contributed by atoms with Crippen molar-refractivity contribution in [1.29, 1.82) is 0 Å². The maximum atomic E-state index is 10.8. The molecule has 0 unspecified atom stereocenters. The van der Waals surface area contributed by atoms with Crippen LogP contribution in [0.25, 0.3) is 0 Å². The number of aromatic carboxylic acids is 1. The number of hydrogen-bond donors (Lipinski definition) is 1. The third-order valence-electron chi connectivity index (χ3n) is 2.65. The largest absolute Gasteiger partial charge is 0.477 e. The maximum absolute atomic E-state index is 10.8. The van der Waals surface area contributed by atoms with Crippen LogP contribution in [0.4, 0.5) is 5.95 Å². The minimum absolute atomic E-state index is 0.0453. The third-order valence-corrected chi connectivity index (χ3v) is 2.65. The number of carbonyl (C=O) groups is 1. The number of nitrogens with zero attached hydrogens (tertiary/aromatic N) is 4. The van der Waals surface area contributed by atoms with Crippen LogP contribution in [0.3, 0.4) is 0 Å². The van der Waals surface area contributed by atoms with E-state index in [0.29, 0.717) is 5.95 Å². The van der Waals surface area contributed by atoms with Crippen molar-refractivity contribution in [2.24, 2.45) is 0 Å². The van der Waals surface area contributed by atoms with Crippen LogP contribution in [-0.2, 0) is 0 Å². The molecule has 1 N–H and O–H groups in total. The number of hydrogen-bond acceptors (Lipinski definition) is 5. The lowest BCUT2D eigenvalue weighted by atomic mass is 10.3. The summed E-state index contributed by atoms with van der Waals surface area (Å²) in [5.74, 6) is -0.509. The molecule has 2 heterocycles. The first kappa shape index (κ1) is 10.8. The second kappa shape index (κ2) is 4.44. The summed E-state index contributed by atoms with van der Waals surface area (Å²) in [7, 11) is 2.06. The molecular formula is C10H14N4O2. The van der Waals surface area contributed by atoms with E-state index in [9.17, 15) is 4.79 Å². The van der Waals surface area contributed by atoms with Crippen molar-refractivity contribution in [3.05, 3.63) is 18.0 Å². The number of aromatic nitrogens is 2. The molecule has 1 saturated heterocycles. The van der Waals surface area contributed by atoms with Crippen LogP contribution in [0.1, 0.15) is 10.5 Å². The quantitative estimate of drug-likeness (QED) is 0.755. The van der Waals surface area contributed by atoms with E-state index in [1.165, 1.54) is 12.3 Å². The average molecular weight is 222 g/mol. The Balaban J connectivity index is 2.14. The normalized spacial score (nSPS) is 17.4. The SMILES string of the molecule is CN1CCN(c2nccc(C(=O)O)n2)CC1. The lowest BCUT2D eigenvalue weighted by Gasteiger charge is -2.32. The van der Waals surface area contributed by atoms with Crippen molar-refractivity contribution in [1.82, 2.24) is 14.9 Å². The molecule has 0 saturated carbocycles. The molecule has 0 aliphatic carbocycles. The molecular weight excluding hydrogens is 208 g/mol. The highest BCUT2D eigenvalue weighted by atomic mass is 16.4. The third kappa shape index (κ3) is 2.27. The van der Waals surface area contributed by atoms with Gasteiger partial charge in [-0.2, -0.15) is 0 Å². The molecule has 0 radical (unpaired) electrons. The van der Waals surface area contributed by atoms with Gasteiger partial charge in [-0.3, -0.25) is 0 Å². The number of anilines is 1. The standard InChI is InChI=1S/C10H14N4O2/c1-13-4-6-14(7-5-13)10-11-3-2-8(12-10)9(15)16/h2-3H,4-7H2,1H3,(H,15,16). The highest BCUT2D eigenvalue weighted by molar-refractivity contribution is 5.85. The lowest BCUT2D eigenvalue weighted by molar-refractivity contribution is 0.0690. The second-order valence-electron chi connectivity index (χ2n) is 3.84. The summed E-state index contributed by atoms with van der Waals surface area (Å²) in [6.07, 6.45) is 1.49. The Morgan fingerprint density at radius 2 is 2.06 bits per heavy atom. The number of piperazine rings is 1. The van der Waals surface area contributed by atoms with Gasteiger partial charge in [-0.25, -0.2) is 14.8 Å². The van der Waals surface area contributed by atoms with Gasteiger partial charge in [0.15, 0.2) is 5.69 Å². The fourth-order valence-electron chi connectivity index (χ4n) is 1.63. The van der Waals surface area contributed by atoms with Gasteiger partial charge in [0.25, 0.3) is 0 Å². The fourth-order valence-corrected chi connectivity index (χ4v) is 1.63. The smallest absolute Gasteiger partial charge is 0.354 e. The van der Waals surface area contributed by atoms with Gasteiger partial charge < -0.3 is 14.9 Å². The first-order valence-corrected chi connectivity index (χ1v) is 5.16. The van der Waals surface area contributed by atoms with Crippen LogP contribution in [0.15, 0.2) is 12.3 Å². The van der Waals surface area contributed by atoms with Gasteiger partial charge in [0.1, 0.15) is 0 Å². The molecule has 1 aliphatic rings. The van der Waals surface area contributed by atoms with Gasteiger partial charge in [-0.05, 0) is 13.1 Å². The Morgan fingerprint density at radius 3 is 2.69 bits per heavy atom. The van der Waals surface area contributed by atoms with E-state index in [1.807, 2.05) is 4.90 Å². The van der Waals surface area contributed by atoms with Gasteiger partial charge in [0.2, 0.25) is 5.95 Å². The Hall–Kier alpha value is -1.69. The zero-order chi connectivity index (χ0) is 11.5. The van der Waals surface area contributed by atoms with Crippen molar-refractivity contribution in [3.63, 3.8) is 0 Å². The topological polar surface area (TPSA) is 69.6 Å². The van der Waals surface area contributed by atoms with E-state index >= 15 is 0 Å².